The molecule has 0 aliphatic carbocycles. The number of amides is 1. The van der Waals surface area contributed by atoms with E-state index >= 15 is 0 Å². The maximum atomic E-state index is 13.3. The van der Waals surface area contributed by atoms with E-state index in [-0.39, 0.29) is 17.2 Å². The highest BCUT2D eigenvalue weighted by Gasteiger charge is 2.09. The van der Waals surface area contributed by atoms with Gasteiger partial charge in [-0.3, -0.25) is 4.79 Å². The zero-order chi connectivity index (χ0) is 15.1. The average molecular weight is 279 g/mol. The summed E-state index contributed by atoms with van der Waals surface area (Å²) in [5.74, 6) is -1.62. The van der Waals surface area contributed by atoms with Gasteiger partial charge in [-0.2, -0.15) is 5.26 Å². The van der Waals surface area contributed by atoms with Crippen LogP contribution in [-0.2, 0) is 4.79 Å². The van der Waals surface area contributed by atoms with Crippen LogP contribution in [-0.4, -0.2) is 12.5 Å². The van der Waals surface area contributed by atoms with Crippen molar-refractivity contribution in [3.63, 3.8) is 0 Å². The fourth-order valence-electron chi connectivity index (χ4n) is 1.30. The third kappa shape index (κ3) is 4.69. The highest BCUT2D eigenvalue weighted by Crippen LogP contribution is 2.15. The molecule has 1 amide bonds. The molecule has 0 unspecified atom stereocenters. The third-order valence-electron chi connectivity index (χ3n) is 2.34. The molecule has 0 saturated carbocycles. The van der Waals surface area contributed by atoms with Crippen LogP contribution in [0.3, 0.4) is 0 Å². The largest absolute Gasteiger partial charge is 0.358 e. The first-order valence-electron chi connectivity index (χ1n) is 6.04. The van der Waals surface area contributed by atoms with Crippen LogP contribution in [0.4, 0.5) is 14.5 Å². The fraction of sp³-hybridized carbons (Fsp3) is 0.286. The van der Waals surface area contributed by atoms with Crippen molar-refractivity contribution in [2.45, 2.75) is 13.8 Å². The standard InChI is InChI=1S/C14H15F2N3O/c1-9(2)7-19-14(20)10(6-17)8-18-13-5-11(15)3-4-12(13)16/h3-5,8-9,18H,7H2,1-2H3,(H,19,20)/b10-8-. The lowest BCUT2D eigenvalue weighted by Crippen LogP contribution is -2.28. The Kier molecular flexibility index (Phi) is 5.66. The van der Waals surface area contributed by atoms with Crippen molar-refractivity contribution in [3.8, 4) is 6.07 Å². The molecule has 1 rings (SSSR count). The highest BCUT2D eigenvalue weighted by molar-refractivity contribution is 5.97. The minimum absolute atomic E-state index is 0.144. The second-order valence-electron chi connectivity index (χ2n) is 4.54. The normalized spacial score (nSPS) is 11.1. The topological polar surface area (TPSA) is 64.9 Å². The van der Waals surface area contributed by atoms with E-state index in [4.69, 9.17) is 5.26 Å². The number of anilines is 1. The summed E-state index contributed by atoms with van der Waals surface area (Å²) < 4.78 is 26.3. The van der Waals surface area contributed by atoms with E-state index in [0.29, 0.717) is 6.54 Å². The van der Waals surface area contributed by atoms with E-state index < -0.39 is 17.5 Å². The molecule has 0 atom stereocenters. The number of carbonyl (C=O) groups is 1. The van der Waals surface area contributed by atoms with Crippen LogP contribution in [0.15, 0.2) is 30.0 Å². The Bertz CT molecular complexity index is 562. The summed E-state index contributed by atoms with van der Waals surface area (Å²) in [5.41, 5.74) is -0.358. The fourth-order valence-corrected chi connectivity index (χ4v) is 1.30. The summed E-state index contributed by atoms with van der Waals surface area (Å²) in [6.07, 6.45) is 1.05. The number of carbonyl (C=O) groups excluding carboxylic acids is 1. The molecular weight excluding hydrogens is 264 g/mol. The van der Waals surface area contributed by atoms with Gasteiger partial charge in [0, 0.05) is 18.8 Å². The van der Waals surface area contributed by atoms with Crippen molar-refractivity contribution in [1.29, 1.82) is 5.26 Å². The molecule has 0 aromatic heterocycles. The van der Waals surface area contributed by atoms with Gasteiger partial charge in [-0.1, -0.05) is 13.8 Å². The lowest BCUT2D eigenvalue weighted by Gasteiger charge is -2.07. The van der Waals surface area contributed by atoms with Crippen LogP contribution < -0.4 is 10.6 Å². The first kappa shape index (κ1) is 15.6. The molecule has 0 spiro atoms. The van der Waals surface area contributed by atoms with Crippen molar-refractivity contribution in [1.82, 2.24) is 5.32 Å². The van der Waals surface area contributed by atoms with Gasteiger partial charge in [0.05, 0.1) is 5.69 Å². The number of nitrogens with one attached hydrogen (secondary N) is 2. The zero-order valence-corrected chi connectivity index (χ0v) is 11.2. The second kappa shape index (κ2) is 7.24. The first-order valence-corrected chi connectivity index (χ1v) is 6.04. The van der Waals surface area contributed by atoms with Gasteiger partial charge in [-0.15, -0.1) is 0 Å². The third-order valence-corrected chi connectivity index (χ3v) is 2.34. The van der Waals surface area contributed by atoms with E-state index in [2.05, 4.69) is 10.6 Å². The maximum Gasteiger partial charge on any atom is 0.263 e. The lowest BCUT2D eigenvalue weighted by atomic mass is 10.2. The van der Waals surface area contributed by atoms with Gasteiger partial charge in [-0.25, -0.2) is 8.78 Å². The Hall–Kier alpha value is -2.42. The summed E-state index contributed by atoms with van der Waals surface area (Å²) in [5, 5.41) is 13.8. The average Bonchev–Trinajstić information content (AvgIpc) is 2.40. The highest BCUT2D eigenvalue weighted by atomic mass is 19.1. The summed E-state index contributed by atoms with van der Waals surface area (Å²) in [7, 11) is 0. The molecule has 20 heavy (non-hydrogen) atoms. The Morgan fingerprint density at radius 1 is 1.45 bits per heavy atom. The van der Waals surface area contributed by atoms with Gasteiger partial charge in [0.25, 0.3) is 5.91 Å². The molecule has 1 aromatic rings. The summed E-state index contributed by atoms with van der Waals surface area (Å²) >= 11 is 0. The number of nitriles is 1. The van der Waals surface area contributed by atoms with Crippen LogP contribution >= 0.6 is 0 Å². The SMILES string of the molecule is CC(C)CNC(=O)/C(C#N)=C\Nc1cc(F)ccc1F. The molecule has 106 valence electrons. The number of hydrogen-bond donors (Lipinski definition) is 2. The Balaban J connectivity index is 2.78. The van der Waals surface area contributed by atoms with Crippen molar-refractivity contribution < 1.29 is 13.6 Å². The molecule has 0 saturated heterocycles. The smallest absolute Gasteiger partial charge is 0.263 e. The Labute approximate surface area is 116 Å². The van der Waals surface area contributed by atoms with Crippen LogP contribution in [0.25, 0.3) is 0 Å². The predicted octanol–water partition coefficient (Wildman–Crippen LogP) is 2.56. The minimum Gasteiger partial charge on any atom is -0.358 e. The van der Waals surface area contributed by atoms with Gasteiger partial charge in [0.1, 0.15) is 23.3 Å². The van der Waals surface area contributed by atoms with Gasteiger partial charge >= 0.3 is 0 Å². The molecule has 0 radical (unpaired) electrons. The van der Waals surface area contributed by atoms with Gasteiger partial charge in [0.2, 0.25) is 0 Å². The van der Waals surface area contributed by atoms with E-state index in [1.807, 2.05) is 13.8 Å². The quantitative estimate of drug-likeness (QED) is 0.643. The minimum atomic E-state index is -0.678. The maximum absolute atomic E-state index is 13.3. The monoisotopic (exact) mass is 279 g/mol. The summed E-state index contributed by atoms with van der Waals surface area (Å²) in [6, 6.07) is 4.57. The predicted molar refractivity (Wildman–Crippen MR) is 71.5 cm³/mol. The second-order valence-corrected chi connectivity index (χ2v) is 4.54. The number of halogens is 2. The molecule has 1 aromatic carbocycles. The molecular formula is C14H15F2N3O. The van der Waals surface area contributed by atoms with Crippen LogP contribution in [0, 0.1) is 28.9 Å². The number of rotatable bonds is 5. The molecule has 0 bridgehead atoms. The molecule has 6 heteroatoms. The Morgan fingerprint density at radius 3 is 2.75 bits per heavy atom. The van der Waals surface area contributed by atoms with Gasteiger partial charge in [-0.05, 0) is 18.1 Å². The first-order chi connectivity index (χ1) is 9.43. The van der Waals surface area contributed by atoms with Crippen LogP contribution in [0.5, 0.6) is 0 Å². The Morgan fingerprint density at radius 2 is 2.15 bits per heavy atom. The summed E-state index contributed by atoms with van der Waals surface area (Å²) in [6.45, 7) is 4.25. The zero-order valence-electron chi connectivity index (χ0n) is 11.2. The lowest BCUT2D eigenvalue weighted by molar-refractivity contribution is -0.117. The number of hydrogen-bond acceptors (Lipinski definition) is 3. The van der Waals surface area contributed by atoms with Gasteiger partial charge < -0.3 is 10.6 Å². The van der Waals surface area contributed by atoms with E-state index in [1.165, 1.54) is 0 Å². The molecule has 0 fully saturated rings. The van der Waals surface area contributed by atoms with Crippen molar-refractivity contribution in [2.75, 3.05) is 11.9 Å². The van der Waals surface area contributed by atoms with E-state index in [1.54, 1.807) is 6.07 Å². The molecule has 2 N–H and O–H groups in total. The molecule has 0 aliphatic rings. The van der Waals surface area contributed by atoms with Crippen LogP contribution in [0.1, 0.15) is 13.8 Å². The number of nitrogens with zero attached hydrogens (tertiary/aromatic N) is 1. The number of benzene rings is 1. The van der Waals surface area contributed by atoms with E-state index in [0.717, 1.165) is 24.4 Å². The molecule has 0 aliphatic heterocycles. The van der Waals surface area contributed by atoms with Crippen molar-refractivity contribution in [3.05, 3.63) is 41.6 Å². The van der Waals surface area contributed by atoms with Gasteiger partial charge in [0.15, 0.2) is 0 Å². The van der Waals surface area contributed by atoms with E-state index in [9.17, 15) is 13.6 Å². The molecule has 4 nitrogen and oxygen atoms in total. The van der Waals surface area contributed by atoms with Crippen molar-refractivity contribution in [2.24, 2.45) is 5.92 Å². The molecule has 0 heterocycles. The van der Waals surface area contributed by atoms with Crippen LogP contribution in [0.2, 0.25) is 0 Å². The summed E-state index contributed by atoms with van der Waals surface area (Å²) in [4.78, 5) is 11.6. The van der Waals surface area contributed by atoms with Crippen molar-refractivity contribution >= 4 is 11.6 Å².